The van der Waals surface area contributed by atoms with Gasteiger partial charge in [0.15, 0.2) is 0 Å². The van der Waals surface area contributed by atoms with Crippen molar-refractivity contribution in [2.24, 2.45) is 11.8 Å². The van der Waals surface area contributed by atoms with Gasteiger partial charge in [0.25, 0.3) is 5.91 Å². The van der Waals surface area contributed by atoms with Gasteiger partial charge in [0.05, 0.1) is 0 Å². The van der Waals surface area contributed by atoms with Gasteiger partial charge in [-0.1, -0.05) is 35.8 Å². The zero-order chi connectivity index (χ0) is 14.0. The van der Waals surface area contributed by atoms with Gasteiger partial charge < -0.3 is 5.32 Å². The van der Waals surface area contributed by atoms with Crippen LogP contribution in [0.3, 0.4) is 0 Å². The van der Waals surface area contributed by atoms with E-state index in [-0.39, 0.29) is 5.91 Å². The number of aryl methyl sites for hydroxylation is 1. The lowest BCUT2D eigenvalue weighted by Gasteiger charge is -2.32. The van der Waals surface area contributed by atoms with Gasteiger partial charge in [0, 0.05) is 16.1 Å². The number of halogens is 1. The monoisotopic (exact) mass is 323 g/mol. The first-order chi connectivity index (χ1) is 8.95. The second kappa shape index (κ2) is 6.08. The van der Waals surface area contributed by atoms with Crippen LogP contribution in [0.5, 0.6) is 0 Å². The summed E-state index contributed by atoms with van der Waals surface area (Å²) in [6.45, 7) is 6.53. The molecule has 1 aliphatic carbocycles. The Morgan fingerprint density at radius 1 is 1.21 bits per heavy atom. The highest BCUT2D eigenvalue weighted by molar-refractivity contribution is 9.10. The predicted molar refractivity (Wildman–Crippen MR) is 82.3 cm³/mol. The van der Waals surface area contributed by atoms with Gasteiger partial charge >= 0.3 is 0 Å². The molecule has 1 saturated carbocycles. The van der Waals surface area contributed by atoms with Gasteiger partial charge in [-0.05, 0) is 55.7 Å². The second-order valence-corrected chi connectivity index (χ2v) is 6.96. The summed E-state index contributed by atoms with van der Waals surface area (Å²) in [6, 6.07) is 6.17. The fourth-order valence-electron chi connectivity index (χ4n) is 3.17. The normalized spacial score (nSPS) is 27.1. The zero-order valence-electron chi connectivity index (χ0n) is 11.9. The average molecular weight is 324 g/mol. The summed E-state index contributed by atoms with van der Waals surface area (Å²) >= 11 is 3.43. The largest absolute Gasteiger partial charge is 0.349 e. The first-order valence-corrected chi connectivity index (χ1v) is 7.82. The topological polar surface area (TPSA) is 29.1 Å². The molecule has 1 aliphatic rings. The predicted octanol–water partition coefficient (Wildman–Crippen LogP) is 4.31. The molecule has 1 N–H and O–H groups in total. The average Bonchev–Trinajstić information content (AvgIpc) is 2.30. The highest BCUT2D eigenvalue weighted by Crippen LogP contribution is 2.28. The molecule has 1 fully saturated rings. The minimum Gasteiger partial charge on any atom is -0.349 e. The molecule has 3 heteroatoms. The van der Waals surface area contributed by atoms with Crippen molar-refractivity contribution in [1.82, 2.24) is 5.32 Å². The molecule has 2 rings (SSSR count). The summed E-state index contributed by atoms with van der Waals surface area (Å²) in [5, 5.41) is 3.20. The maximum absolute atomic E-state index is 12.4. The summed E-state index contributed by atoms with van der Waals surface area (Å²) in [4.78, 5) is 12.4. The van der Waals surface area contributed by atoms with Crippen molar-refractivity contribution in [2.75, 3.05) is 0 Å². The van der Waals surface area contributed by atoms with Gasteiger partial charge in [-0.2, -0.15) is 0 Å². The van der Waals surface area contributed by atoms with Crippen LogP contribution in [0, 0.1) is 18.8 Å². The first-order valence-electron chi connectivity index (χ1n) is 7.02. The standard InChI is InChI=1S/C16H22BrNO/c1-10-6-11(2)8-14(7-10)18-16(19)15-9-13(17)5-4-12(15)3/h4-5,9-11,14H,6-8H2,1-3H3,(H,18,19). The third-order valence-corrected chi connectivity index (χ3v) is 4.45. The number of hydrogen-bond donors (Lipinski definition) is 1. The Kier molecular flexibility index (Phi) is 4.67. The third-order valence-electron chi connectivity index (χ3n) is 3.96. The van der Waals surface area contributed by atoms with Crippen LogP contribution >= 0.6 is 15.9 Å². The van der Waals surface area contributed by atoms with E-state index >= 15 is 0 Å². The number of hydrogen-bond acceptors (Lipinski definition) is 1. The van der Waals surface area contributed by atoms with Crippen LogP contribution in [0.4, 0.5) is 0 Å². The van der Waals surface area contributed by atoms with Crippen molar-refractivity contribution < 1.29 is 4.79 Å². The minimum atomic E-state index is 0.0603. The van der Waals surface area contributed by atoms with E-state index in [1.54, 1.807) is 0 Å². The molecule has 0 bridgehead atoms. The van der Waals surface area contributed by atoms with Crippen LogP contribution in [0.2, 0.25) is 0 Å². The summed E-state index contributed by atoms with van der Waals surface area (Å²) in [7, 11) is 0. The number of carbonyl (C=O) groups is 1. The Morgan fingerprint density at radius 3 is 2.47 bits per heavy atom. The summed E-state index contributed by atoms with van der Waals surface area (Å²) in [5.41, 5.74) is 1.80. The van der Waals surface area contributed by atoms with E-state index in [9.17, 15) is 4.79 Å². The smallest absolute Gasteiger partial charge is 0.251 e. The fourth-order valence-corrected chi connectivity index (χ4v) is 3.53. The molecule has 1 amide bonds. The van der Waals surface area contributed by atoms with Crippen molar-refractivity contribution in [3.8, 4) is 0 Å². The van der Waals surface area contributed by atoms with E-state index in [1.807, 2.05) is 25.1 Å². The third kappa shape index (κ3) is 3.82. The Hall–Kier alpha value is -0.830. The zero-order valence-corrected chi connectivity index (χ0v) is 13.5. The van der Waals surface area contributed by atoms with E-state index in [1.165, 1.54) is 6.42 Å². The van der Waals surface area contributed by atoms with Crippen LogP contribution in [-0.4, -0.2) is 11.9 Å². The van der Waals surface area contributed by atoms with Gasteiger partial charge in [-0.3, -0.25) is 4.79 Å². The van der Waals surface area contributed by atoms with Crippen molar-refractivity contribution in [2.45, 2.75) is 46.1 Å². The van der Waals surface area contributed by atoms with Gasteiger partial charge in [-0.15, -0.1) is 0 Å². The Bertz CT molecular complexity index is 462. The van der Waals surface area contributed by atoms with Crippen molar-refractivity contribution >= 4 is 21.8 Å². The molecular weight excluding hydrogens is 302 g/mol. The molecule has 19 heavy (non-hydrogen) atoms. The molecule has 0 spiro atoms. The minimum absolute atomic E-state index is 0.0603. The van der Waals surface area contributed by atoms with Crippen LogP contribution in [0.25, 0.3) is 0 Å². The van der Waals surface area contributed by atoms with Crippen LogP contribution < -0.4 is 5.32 Å². The van der Waals surface area contributed by atoms with Crippen LogP contribution in [0.15, 0.2) is 22.7 Å². The quantitative estimate of drug-likeness (QED) is 0.863. The number of benzene rings is 1. The molecule has 104 valence electrons. The van der Waals surface area contributed by atoms with Gasteiger partial charge in [0.2, 0.25) is 0 Å². The van der Waals surface area contributed by atoms with E-state index in [0.29, 0.717) is 17.9 Å². The SMILES string of the molecule is Cc1ccc(Br)cc1C(=O)NC1CC(C)CC(C)C1. The molecule has 0 aliphatic heterocycles. The van der Waals surface area contributed by atoms with Gasteiger partial charge in [-0.25, -0.2) is 0 Å². The highest BCUT2D eigenvalue weighted by atomic mass is 79.9. The van der Waals surface area contributed by atoms with Gasteiger partial charge in [0.1, 0.15) is 0 Å². The fraction of sp³-hybridized carbons (Fsp3) is 0.562. The molecule has 2 unspecified atom stereocenters. The lowest BCUT2D eigenvalue weighted by molar-refractivity contribution is 0.0910. The van der Waals surface area contributed by atoms with E-state index < -0.39 is 0 Å². The lowest BCUT2D eigenvalue weighted by Crippen LogP contribution is -2.40. The molecule has 0 saturated heterocycles. The molecule has 0 heterocycles. The Labute approximate surface area is 124 Å². The maximum atomic E-state index is 12.4. The molecular formula is C16H22BrNO. The molecule has 0 radical (unpaired) electrons. The van der Waals surface area contributed by atoms with E-state index in [4.69, 9.17) is 0 Å². The van der Waals surface area contributed by atoms with E-state index in [2.05, 4.69) is 35.1 Å². The maximum Gasteiger partial charge on any atom is 0.251 e. The van der Waals surface area contributed by atoms with Crippen molar-refractivity contribution in [3.05, 3.63) is 33.8 Å². The number of nitrogens with one attached hydrogen (secondary N) is 1. The van der Waals surface area contributed by atoms with Crippen LogP contribution in [0.1, 0.15) is 49.0 Å². The van der Waals surface area contributed by atoms with Crippen molar-refractivity contribution in [3.63, 3.8) is 0 Å². The molecule has 1 aromatic carbocycles. The summed E-state index contributed by atoms with van der Waals surface area (Å²) in [5.74, 6) is 1.47. The van der Waals surface area contributed by atoms with Crippen LogP contribution in [-0.2, 0) is 0 Å². The summed E-state index contributed by atoms with van der Waals surface area (Å²) < 4.78 is 0.952. The molecule has 1 aromatic rings. The first kappa shape index (κ1) is 14.6. The second-order valence-electron chi connectivity index (χ2n) is 6.05. The Balaban J connectivity index is 2.06. The summed E-state index contributed by atoms with van der Waals surface area (Å²) in [6.07, 6.45) is 3.48. The lowest BCUT2D eigenvalue weighted by atomic mass is 9.80. The van der Waals surface area contributed by atoms with Crippen molar-refractivity contribution in [1.29, 1.82) is 0 Å². The molecule has 2 nitrogen and oxygen atoms in total. The molecule has 0 aromatic heterocycles. The molecule has 2 atom stereocenters. The number of carbonyl (C=O) groups excluding carboxylic acids is 1. The highest BCUT2D eigenvalue weighted by Gasteiger charge is 2.25. The van der Waals surface area contributed by atoms with E-state index in [0.717, 1.165) is 28.4 Å². The number of rotatable bonds is 2. The Morgan fingerprint density at radius 2 is 1.84 bits per heavy atom. The number of amides is 1.